The van der Waals surface area contributed by atoms with Gasteiger partial charge in [0.1, 0.15) is 0 Å². The summed E-state index contributed by atoms with van der Waals surface area (Å²) in [6.45, 7) is 3.80. The quantitative estimate of drug-likeness (QED) is 0.848. The summed E-state index contributed by atoms with van der Waals surface area (Å²) >= 11 is 0. The monoisotopic (exact) mass is 274 g/mol. The van der Waals surface area contributed by atoms with Crippen LogP contribution in [0.3, 0.4) is 0 Å². The highest BCUT2D eigenvalue weighted by Gasteiger charge is 2.13. The van der Waals surface area contributed by atoms with Gasteiger partial charge in [-0.2, -0.15) is 4.68 Å². The second-order valence-corrected chi connectivity index (χ2v) is 4.57. The summed E-state index contributed by atoms with van der Waals surface area (Å²) in [4.78, 5) is 11.9. The summed E-state index contributed by atoms with van der Waals surface area (Å²) in [6, 6.07) is 6.82. The van der Waals surface area contributed by atoms with Gasteiger partial charge in [-0.3, -0.25) is 4.79 Å². The maximum absolute atomic E-state index is 11.9. The molecule has 0 aliphatic rings. The van der Waals surface area contributed by atoms with Crippen LogP contribution >= 0.6 is 0 Å². The van der Waals surface area contributed by atoms with Crippen LogP contribution in [0.4, 0.5) is 5.69 Å². The van der Waals surface area contributed by atoms with Gasteiger partial charge < -0.3 is 11.1 Å². The Morgan fingerprint density at radius 3 is 2.95 bits per heavy atom. The number of anilines is 1. The van der Waals surface area contributed by atoms with Crippen LogP contribution in [-0.2, 0) is 4.79 Å². The molecule has 3 N–H and O–H groups in total. The van der Waals surface area contributed by atoms with E-state index in [1.54, 1.807) is 16.8 Å². The maximum Gasteiger partial charge on any atom is 0.241 e. The number of aromatic nitrogens is 4. The zero-order valence-corrected chi connectivity index (χ0v) is 11.6. The van der Waals surface area contributed by atoms with Crippen molar-refractivity contribution in [1.82, 2.24) is 20.2 Å². The summed E-state index contributed by atoms with van der Waals surface area (Å²) in [5, 5.41) is 14.1. The molecule has 0 saturated carbocycles. The van der Waals surface area contributed by atoms with Gasteiger partial charge in [0.25, 0.3) is 0 Å². The Hall–Kier alpha value is -2.28. The Balaban J connectivity index is 2.15. The first-order valence-corrected chi connectivity index (χ1v) is 6.53. The van der Waals surface area contributed by atoms with Gasteiger partial charge in [0.2, 0.25) is 5.91 Å². The van der Waals surface area contributed by atoms with E-state index in [1.165, 1.54) is 0 Å². The first-order chi connectivity index (χ1) is 9.61. The van der Waals surface area contributed by atoms with Crippen molar-refractivity contribution in [2.75, 3.05) is 5.32 Å². The molecule has 0 saturated heterocycles. The smallest absolute Gasteiger partial charge is 0.241 e. The molecule has 7 heteroatoms. The minimum absolute atomic E-state index is 0.183. The molecule has 1 atom stereocenters. The molecule has 0 spiro atoms. The van der Waals surface area contributed by atoms with Crippen molar-refractivity contribution in [3.63, 3.8) is 0 Å². The number of benzene rings is 1. The number of nitrogens with zero attached hydrogens (tertiary/aromatic N) is 4. The van der Waals surface area contributed by atoms with Crippen LogP contribution in [0.2, 0.25) is 0 Å². The first-order valence-electron chi connectivity index (χ1n) is 6.53. The highest BCUT2D eigenvalue weighted by Crippen LogP contribution is 2.15. The minimum Gasteiger partial charge on any atom is -0.325 e. The van der Waals surface area contributed by atoms with E-state index < -0.39 is 6.04 Å². The fraction of sp³-hybridized carbons (Fsp3) is 0.385. The molecule has 0 aliphatic carbocycles. The molecule has 1 heterocycles. The highest BCUT2D eigenvalue weighted by atomic mass is 16.2. The standard InChI is InChI=1S/C13H18N6O/c1-3-5-12(14)13(20)15-10-6-4-7-11(8-10)19-9(2)16-17-18-19/h4,6-8,12H,3,5,14H2,1-2H3,(H,15,20). The normalized spacial score (nSPS) is 12.2. The molecule has 0 fully saturated rings. The molecule has 0 aliphatic heterocycles. The van der Waals surface area contributed by atoms with Crippen LogP contribution in [0.25, 0.3) is 5.69 Å². The van der Waals surface area contributed by atoms with Crippen LogP contribution < -0.4 is 11.1 Å². The molecule has 2 rings (SSSR count). The number of hydrogen-bond donors (Lipinski definition) is 2. The van der Waals surface area contributed by atoms with Crippen molar-refractivity contribution in [2.45, 2.75) is 32.7 Å². The van der Waals surface area contributed by atoms with E-state index in [0.29, 0.717) is 17.9 Å². The van der Waals surface area contributed by atoms with E-state index in [0.717, 1.165) is 12.1 Å². The average molecular weight is 274 g/mol. The van der Waals surface area contributed by atoms with E-state index in [-0.39, 0.29) is 5.91 Å². The fourth-order valence-corrected chi connectivity index (χ4v) is 1.86. The Morgan fingerprint density at radius 1 is 1.50 bits per heavy atom. The van der Waals surface area contributed by atoms with Gasteiger partial charge in [0.15, 0.2) is 5.82 Å². The molecule has 0 radical (unpaired) electrons. The second-order valence-electron chi connectivity index (χ2n) is 4.57. The Kier molecular flexibility index (Phi) is 4.41. The number of rotatable bonds is 5. The van der Waals surface area contributed by atoms with E-state index >= 15 is 0 Å². The Morgan fingerprint density at radius 2 is 2.30 bits per heavy atom. The fourth-order valence-electron chi connectivity index (χ4n) is 1.86. The number of nitrogens with one attached hydrogen (secondary N) is 1. The number of tetrazole rings is 1. The van der Waals surface area contributed by atoms with Crippen molar-refractivity contribution in [3.8, 4) is 5.69 Å². The van der Waals surface area contributed by atoms with E-state index in [1.807, 2.05) is 26.0 Å². The van der Waals surface area contributed by atoms with Gasteiger partial charge >= 0.3 is 0 Å². The molecule has 2 aromatic rings. The number of carbonyl (C=O) groups excluding carboxylic acids is 1. The number of aryl methyl sites for hydroxylation is 1. The first kappa shape index (κ1) is 14.1. The molecular weight excluding hydrogens is 256 g/mol. The second kappa shape index (κ2) is 6.25. The van der Waals surface area contributed by atoms with Crippen LogP contribution in [-0.4, -0.2) is 32.2 Å². The molecule has 106 valence electrons. The molecule has 0 bridgehead atoms. The number of amides is 1. The van der Waals surface area contributed by atoms with Crippen molar-refractivity contribution < 1.29 is 4.79 Å². The van der Waals surface area contributed by atoms with Crippen molar-refractivity contribution in [3.05, 3.63) is 30.1 Å². The maximum atomic E-state index is 11.9. The zero-order valence-electron chi connectivity index (χ0n) is 11.6. The molecule has 1 amide bonds. The summed E-state index contributed by atoms with van der Waals surface area (Å²) in [5.41, 5.74) is 7.24. The lowest BCUT2D eigenvalue weighted by molar-refractivity contribution is -0.117. The van der Waals surface area contributed by atoms with Crippen LogP contribution in [0.15, 0.2) is 24.3 Å². The van der Waals surface area contributed by atoms with Crippen LogP contribution in [0, 0.1) is 6.92 Å². The molecular formula is C13H18N6O. The number of nitrogens with two attached hydrogens (primary N) is 1. The van der Waals surface area contributed by atoms with Crippen molar-refractivity contribution in [1.29, 1.82) is 0 Å². The largest absolute Gasteiger partial charge is 0.325 e. The number of carbonyl (C=O) groups is 1. The zero-order chi connectivity index (χ0) is 14.5. The average Bonchev–Trinajstić information content (AvgIpc) is 2.85. The van der Waals surface area contributed by atoms with Crippen molar-refractivity contribution >= 4 is 11.6 Å². The van der Waals surface area contributed by atoms with E-state index in [9.17, 15) is 4.79 Å². The molecule has 1 unspecified atom stereocenters. The van der Waals surface area contributed by atoms with E-state index in [4.69, 9.17) is 5.73 Å². The lowest BCUT2D eigenvalue weighted by Gasteiger charge is -2.12. The van der Waals surface area contributed by atoms with Gasteiger partial charge in [-0.15, -0.1) is 5.10 Å². The van der Waals surface area contributed by atoms with Crippen LogP contribution in [0.1, 0.15) is 25.6 Å². The van der Waals surface area contributed by atoms with Crippen molar-refractivity contribution in [2.24, 2.45) is 5.73 Å². The lowest BCUT2D eigenvalue weighted by Crippen LogP contribution is -2.35. The molecule has 1 aromatic heterocycles. The summed E-state index contributed by atoms with van der Waals surface area (Å²) in [7, 11) is 0. The SMILES string of the molecule is CCCC(N)C(=O)Nc1cccc(-n2nnnc2C)c1. The van der Waals surface area contributed by atoms with Gasteiger partial charge in [0.05, 0.1) is 11.7 Å². The van der Waals surface area contributed by atoms with Gasteiger partial charge in [-0.05, 0) is 42.0 Å². The van der Waals surface area contributed by atoms with Gasteiger partial charge in [0, 0.05) is 5.69 Å². The predicted octanol–water partition coefficient (Wildman–Crippen LogP) is 1.04. The summed E-state index contributed by atoms with van der Waals surface area (Å²) in [6.07, 6.45) is 1.54. The third-order valence-electron chi connectivity index (χ3n) is 2.92. The molecule has 7 nitrogen and oxygen atoms in total. The Bertz CT molecular complexity index is 594. The van der Waals surface area contributed by atoms with Crippen LogP contribution in [0.5, 0.6) is 0 Å². The van der Waals surface area contributed by atoms with E-state index in [2.05, 4.69) is 20.8 Å². The summed E-state index contributed by atoms with van der Waals surface area (Å²) in [5.74, 6) is 0.494. The predicted molar refractivity (Wildman–Crippen MR) is 75.4 cm³/mol. The Labute approximate surface area is 117 Å². The molecule has 1 aromatic carbocycles. The minimum atomic E-state index is -0.488. The molecule has 20 heavy (non-hydrogen) atoms. The third-order valence-corrected chi connectivity index (χ3v) is 2.92. The summed E-state index contributed by atoms with van der Waals surface area (Å²) < 4.78 is 1.60. The highest BCUT2D eigenvalue weighted by molar-refractivity contribution is 5.94. The third kappa shape index (κ3) is 3.18. The number of hydrogen-bond acceptors (Lipinski definition) is 5. The lowest BCUT2D eigenvalue weighted by atomic mass is 10.1. The van der Waals surface area contributed by atoms with Gasteiger partial charge in [-0.25, -0.2) is 0 Å². The van der Waals surface area contributed by atoms with Gasteiger partial charge in [-0.1, -0.05) is 19.4 Å². The topological polar surface area (TPSA) is 98.7 Å².